The summed E-state index contributed by atoms with van der Waals surface area (Å²) in [6.07, 6.45) is -4.61. The van der Waals surface area contributed by atoms with Crippen LogP contribution in [-0.2, 0) is 11.0 Å². The Labute approximate surface area is 95.5 Å². The molecule has 1 unspecified atom stereocenters. The summed E-state index contributed by atoms with van der Waals surface area (Å²) in [5.41, 5.74) is -0.300. The van der Waals surface area contributed by atoms with Gasteiger partial charge in [-0.05, 0) is 17.7 Å². The molecule has 0 amide bonds. The van der Waals surface area contributed by atoms with E-state index in [1.54, 1.807) is 0 Å². The lowest BCUT2D eigenvalue weighted by Crippen LogP contribution is -2.05. The van der Waals surface area contributed by atoms with E-state index in [0.29, 0.717) is 5.56 Å². The maximum atomic E-state index is 12.2. The summed E-state index contributed by atoms with van der Waals surface area (Å²) in [5.74, 6) is -1.04. The largest absolute Gasteiger partial charge is 0.481 e. The fraction of sp³-hybridized carbons (Fsp3) is 0.300. The minimum absolute atomic E-state index is 0.228. The molecule has 0 saturated carbocycles. The summed E-state index contributed by atoms with van der Waals surface area (Å²) in [6, 6.07) is 4.31. The third-order valence-corrected chi connectivity index (χ3v) is 2.47. The van der Waals surface area contributed by atoms with Crippen molar-refractivity contribution in [2.45, 2.75) is 17.8 Å². The molecule has 0 aliphatic carbocycles. The van der Waals surface area contributed by atoms with Gasteiger partial charge in [-0.15, -0.1) is 0 Å². The molecule has 88 valence electrons. The molecule has 1 atom stereocenters. The lowest BCUT2D eigenvalue weighted by molar-refractivity contribution is -0.138. The van der Waals surface area contributed by atoms with Gasteiger partial charge in [-0.1, -0.05) is 12.1 Å². The Morgan fingerprint density at radius 1 is 1.31 bits per heavy atom. The Balaban J connectivity index is 2.83. The van der Waals surface area contributed by atoms with Crippen LogP contribution >= 0.6 is 12.6 Å². The molecule has 0 aliphatic heterocycles. The zero-order chi connectivity index (χ0) is 12.3. The zero-order valence-electron chi connectivity index (χ0n) is 8.03. The molecular weight excluding hydrogens is 241 g/mol. The first kappa shape index (κ1) is 12.9. The van der Waals surface area contributed by atoms with Crippen molar-refractivity contribution >= 4 is 18.6 Å². The number of hydrogen-bond donors (Lipinski definition) is 2. The summed E-state index contributed by atoms with van der Waals surface area (Å²) in [4.78, 5) is 10.4. The Morgan fingerprint density at radius 3 is 2.19 bits per heavy atom. The predicted octanol–water partition coefficient (Wildman–Crippen LogP) is 3.15. The first-order valence-electron chi connectivity index (χ1n) is 4.37. The fourth-order valence-electron chi connectivity index (χ4n) is 1.18. The number of thiol groups is 1. The van der Waals surface area contributed by atoms with E-state index in [4.69, 9.17) is 5.11 Å². The molecule has 1 aromatic rings. The van der Waals surface area contributed by atoms with E-state index in [1.807, 2.05) is 0 Å². The normalized spacial score (nSPS) is 13.5. The highest BCUT2D eigenvalue weighted by Crippen LogP contribution is 2.31. The molecule has 6 heteroatoms. The quantitative estimate of drug-likeness (QED) is 0.808. The van der Waals surface area contributed by atoms with Crippen LogP contribution in [0, 0.1) is 0 Å². The van der Waals surface area contributed by atoms with Crippen molar-refractivity contribution in [3.8, 4) is 0 Å². The average molecular weight is 250 g/mol. The number of aliphatic carboxylic acids is 1. The molecule has 16 heavy (non-hydrogen) atoms. The molecule has 1 rings (SSSR count). The van der Waals surface area contributed by atoms with Crippen LogP contribution in [0.15, 0.2) is 24.3 Å². The van der Waals surface area contributed by atoms with E-state index in [2.05, 4.69) is 12.6 Å². The van der Waals surface area contributed by atoms with Crippen LogP contribution in [-0.4, -0.2) is 11.1 Å². The number of carboxylic acids is 1. The fourth-order valence-corrected chi connectivity index (χ4v) is 1.51. The summed E-state index contributed by atoms with van der Waals surface area (Å²) in [7, 11) is 0. The lowest BCUT2D eigenvalue weighted by atomic mass is 10.1. The van der Waals surface area contributed by atoms with Gasteiger partial charge < -0.3 is 5.11 Å². The summed E-state index contributed by atoms with van der Waals surface area (Å²) >= 11 is 4.00. The van der Waals surface area contributed by atoms with E-state index in [-0.39, 0.29) is 6.42 Å². The molecule has 0 heterocycles. The standard InChI is InChI=1S/C10H9F3O2S/c11-10(12,13)7-3-1-6(2-4-7)8(16)5-9(14)15/h1-4,8,16H,5H2,(H,14,15). The Hall–Kier alpha value is -1.17. The number of carbonyl (C=O) groups is 1. The minimum atomic E-state index is -4.38. The number of hydrogen-bond acceptors (Lipinski definition) is 2. The van der Waals surface area contributed by atoms with Gasteiger partial charge in [0, 0.05) is 5.25 Å². The van der Waals surface area contributed by atoms with E-state index in [1.165, 1.54) is 12.1 Å². The Bertz CT molecular complexity index is 373. The third kappa shape index (κ3) is 3.44. The van der Waals surface area contributed by atoms with Crippen LogP contribution in [0.3, 0.4) is 0 Å². The molecule has 0 aromatic heterocycles. The highest BCUT2D eigenvalue weighted by molar-refractivity contribution is 7.80. The number of rotatable bonds is 3. The van der Waals surface area contributed by atoms with Gasteiger partial charge in [0.1, 0.15) is 0 Å². The smallest absolute Gasteiger partial charge is 0.416 e. The van der Waals surface area contributed by atoms with Gasteiger partial charge in [0.2, 0.25) is 0 Å². The van der Waals surface area contributed by atoms with Gasteiger partial charge in [-0.25, -0.2) is 0 Å². The summed E-state index contributed by atoms with van der Waals surface area (Å²) in [5, 5.41) is 7.90. The van der Waals surface area contributed by atoms with E-state index >= 15 is 0 Å². The predicted molar refractivity (Wildman–Crippen MR) is 55.4 cm³/mol. The van der Waals surface area contributed by atoms with Gasteiger partial charge in [0.15, 0.2) is 0 Å². The van der Waals surface area contributed by atoms with Gasteiger partial charge in [-0.2, -0.15) is 25.8 Å². The summed E-state index contributed by atoms with van der Waals surface area (Å²) in [6.45, 7) is 0. The lowest BCUT2D eigenvalue weighted by Gasteiger charge is -2.10. The first-order chi connectivity index (χ1) is 7.30. The molecule has 0 radical (unpaired) electrons. The second-order valence-electron chi connectivity index (χ2n) is 3.23. The first-order valence-corrected chi connectivity index (χ1v) is 4.89. The molecule has 0 spiro atoms. The van der Waals surface area contributed by atoms with Gasteiger partial charge in [0.25, 0.3) is 0 Å². The zero-order valence-corrected chi connectivity index (χ0v) is 8.92. The van der Waals surface area contributed by atoms with Crippen LogP contribution in [0.1, 0.15) is 22.8 Å². The average Bonchev–Trinajstić information content (AvgIpc) is 2.15. The molecule has 1 aromatic carbocycles. The third-order valence-electron chi connectivity index (χ3n) is 1.99. The van der Waals surface area contributed by atoms with Gasteiger partial charge in [0.05, 0.1) is 12.0 Å². The van der Waals surface area contributed by atoms with Crippen LogP contribution in [0.2, 0.25) is 0 Å². The van der Waals surface area contributed by atoms with Crippen molar-refractivity contribution < 1.29 is 23.1 Å². The van der Waals surface area contributed by atoms with Crippen molar-refractivity contribution in [3.63, 3.8) is 0 Å². The molecule has 1 N–H and O–H groups in total. The molecule has 0 fully saturated rings. The van der Waals surface area contributed by atoms with E-state index < -0.39 is 23.0 Å². The molecule has 0 aliphatic rings. The topological polar surface area (TPSA) is 37.3 Å². The number of benzene rings is 1. The second kappa shape index (κ2) is 4.78. The van der Waals surface area contributed by atoms with Gasteiger partial charge in [-0.3, -0.25) is 4.79 Å². The number of alkyl halides is 3. The molecule has 0 bridgehead atoms. The SMILES string of the molecule is O=C(O)CC(S)c1ccc(C(F)(F)F)cc1. The van der Waals surface area contributed by atoms with Crippen molar-refractivity contribution in [2.75, 3.05) is 0 Å². The van der Waals surface area contributed by atoms with Crippen molar-refractivity contribution in [1.29, 1.82) is 0 Å². The Morgan fingerprint density at radius 2 is 1.81 bits per heavy atom. The summed E-state index contributed by atoms with van der Waals surface area (Å²) < 4.78 is 36.7. The molecular formula is C10H9F3O2S. The molecule has 2 nitrogen and oxygen atoms in total. The number of halogens is 3. The number of carboxylic acid groups (broad SMARTS) is 1. The van der Waals surface area contributed by atoms with Crippen molar-refractivity contribution in [1.82, 2.24) is 0 Å². The van der Waals surface area contributed by atoms with Crippen LogP contribution < -0.4 is 0 Å². The van der Waals surface area contributed by atoms with E-state index in [9.17, 15) is 18.0 Å². The van der Waals surface area contributed by atoms with Crippen LogP contribution in [0.4, 0.5) is 13.2 Å². The van der Waals surface area contributed by atoms with Crippen LogP contribution in [0.25, 0.3) is 0 Å². The van der Waals surface area contributed by atoms with Crippen molar-refractivity contribution in [3.05, 3.63) is 35.4 Å². The van der Waals surface area contributed by atoms with Crippen molar-refractivity contribution in [2.24, 2.45) is 0 Å². The van der Waals surface area contributed by atoms with Gasteiger partial charge >= 0.3 is 12.1 Å². The minimum Gasteiger partial charge on any atom is -0.481 e. The van der Waals surface area contributed by atoms with E-state index in [0.717, 1.165) is 12.1 Å². The highest BCUT2D eigenvalue weighted by Gasteiger charge is 2.30. The monoisotopic (exact) mass is 250 g/mol. The maximum Gasteiger partial charge on any atom is 0.416 e. The highest BCUT2D eigenvalue weighted by atomic mass is 32.1. The molecule has 0 saturated heterocycles. The second-order valence-corrected chi connectivity index (χ2v) is 3.86. The maximum absolute atomic E-state index is 12.2. The Kier molecular flexibility index (Phi) is 3.85. The van der Waals surface area contributed by atoms with Crippen LogP contribution in [0.5, 0.6) is 0 Å².